The lowest BCUT2D eigenvalue weighted by Gasteiger charge is -2.35. The third-order valence-electron chi connectivity index (χ3n) is 4.51. The maximum absolute atomic E-state index is 2.70. The number of nitrogens with zero attached hydrogens (tertiary/aromatic N) is 1. The topological polar surface area (TPSA) is 3.24 Å². The van der Waals surface area contributed by atoms with Crippen molar-refractivity contribution in [1.29, 1.82) is 0 Å². The SMILES string of the molecule is CC(C)(C)CCCCCN1CCC(CC(C)(C)C)CC1. The molecular formula is C19H39N. The summed E-state index contributed by atoms with van der Waals surface area (Å²) in [5.41, 5.74) is 1.03. The van der Waals surface area contributed by atoms with Gasteiger partial charge in [-0.3, -0.25) is 0 Å². The first-order valence-electron chi connectivity index (χ1n) is 8.88. The molecule has 1 heteroatoms. The zero-order valence-electron chi connectivity index (χ0n) is 15.1. The fourth-order valence-corrected chi connectivity index (χ4v) is 3.45. The van der Waals surface area contributed by atoms with E-state index in [9.17, 15) is 0 Å². The van der Waals surface area contributed by atoms with E-state index in [1.165, 1.54) is 64.6 Å². The highest BCUT2D eigenvalue weighted by Crippen LogP contribution is 2.31. The molecule has 0 aromatic rings. The van der Waals surface area contributed by atoms with Crippen molar-refractivity contribution in [3.8, 4) is 0 Å². The van der Waals surface area contributed by atoms with Crippen LogP contribution in [0.25, 0.3) is 0 Å². The van der Waals surface area contributed by atoms with E-state index in [0.29, 0.717) is 10.8 Å². The van der Waals surface area contributed by atoms with Crippen molar-refractivity contribution < 1.29 is 0 Å². The summed E-state index contributed by atoms with van der Waals surface area (Å²) in [6.07, 6.45) is 9.87. The van der Waals surface area contributed by atoms with Crippen LogP contribution in [0.4, 0.5) is 0 Å². The Bertz CT molecular complexity index is 248. The maximum Gasteiger partial charge on any atom is -0.00161 e. The first kappa shape index (κ1) is 18.0. The van der Waals surface area contributed by atoms with Crippen LogP contribution in [-0.2, 0) is 0 Å². The molecule has 1 rings (SSSR count). The van der Waals surface area contributed by atoms with Gasteiger partial charge in [-0.2, -0.15) is 0 Å². The molecule has 0 spiro atoms. The molecule has 0 aromatic heterocycles. The zero-order chi connectivity index (χ0) is 15.2. The lowest BCUT2D eigenvalue weighted by Crippen LogP contribution is -2.35. The normalized spacial score (nSPS) is 19.5. The van der Waals surface area contributed by atoms with Crippen LogP contribution in [0.3, 0.4) is 0 Å². The summed E-state index contributed by atoms with van der Waals surface area (Å²) in [6.45, 7) is 18.2. The Balaban J connectivity index is 2.05. The predicted molar refractivity (Wildman–Crippen MR) is 91.2 cm³/mol. The molecule has 0 unspecified atom stereocenters. The first-order chi connectivity index (χ1) is 9.16. The van der Waals surface area contributed by atoms with Gasteiger partial charge < -0.3 is 4.90 Å². The number of likely N-dealkylation sites (tertiary alicyclic amines) is 1. The molecular weight excluding hydrogens is 242 g/mol. The van der Waals surface area contributed by atoms with Gasteiger partial charge in [-0.25, -0.2) is 0 Å². The lowest BCUT2D eigenvalue weighted by atomic mass is 9.80. The zero-order valence-corrected chi connectivity index (χ0v) is 15.1. The van der Waals surface area contributed by atoms with Crippen molar-refractivity contribution in [3.63, 3.8) is 0 Å². The second-order valence-corrected chi connectivity index (χ2v) is 9.42. The Kier molecular flexibility index (Phi) is 7.04. The molecule has 1 aliphatic heterocycles. The van der Waals surface area contributed by atoms with Gasteiger partial charge in [-0.15, -0.1) is 0 Å². The van der Waals surface area contributed by atoms with Crippen LogP contribution < -0.4 is 0 Å². The molecule has 1 saturated heterocycles. The Morgan fingerprint density at radius 2 is 1.40 bits per heavy atom. The number of rotatable bonds is 6. The van der Waals surface area contributed by atoms with Crippen LogP contribution in [0.5, 0.6) is 0 Å². The maximum atomic E-state index is 2.70. The molecule has 0 atom stereocenters. The van der Waals surface area contributed by atoms with Gasteiger partial charge in [0.15, 0.2) is 0 Å². The average molecular weight is 282 g/mol. The number of unbranched alkanes of at least 4 members (excludes halogenated alkanes) is 2. The number of hydrogen-bond acceptors (Lipinski definition) is 1. The van der Waals surface area contributed by atoms with E-state index < -0.39 is 0 Å². The molecule has 0 amide bonds. The summed E-state index contributed by atoms with van der Waals surface area (Å²) in [6, 6.07) is 0. The van der Waals surface area contributed by atoms with Gasteiger partial charge in [0.25, 0.3) is 0 Å². The summed E-state index contributed by atoms with van der Waals surface area (Å²) in [4.78, 5) is 2.70. The van der Waals surface area contributed by atoms with Crippen LogP contribution in [0.2, 0.25) is 0 Å². The second-order valence-electron chi connectivity index (χ2n) is 9.42. The molecule has 1 fully saturated rings. The molecule has 0 saturated carbocycles. The highest BCUT2D eigenvalue weighted by Gasteiger charge is 2.23. The smallest absolute Gasteiger partial charge is 0.00161 e. The fraction of sp³-hybridized carbons (Fsp3) is 1.00. The third-order valence-corrected chi connectivity index (χ3v) is 4.51. The van der Waals surface area contributed by atoms with Crippen molar-refractivity contribution in [1.82, 2.24) is 4.90 Å². The van der Waals surface area contributed by atoms with E-state index in [-0.39, 0.29) is 0 Å². The summed E-state index contributed by atoms with van der Waals surface area (Å²) in [5, 5.41) is 0. The van der Waals surface area contributed by atoms with Crippen molar-refractivity contribution in [2.75, 3.05) is 19.6 Å². The lowest BCUT2D eigenvalue weighted by molar-refractivity contribution is 0.150. The molecule has 0 radical (unpaired) electrons. The monoisotopic (exact) mass is 281 g/mol. The van der Waals surface area contributed by atoms with Gasteiger partial charge in [0.1, 0.15) is 0 Å². The highest BCUT2D eigenvalue weighted by atomic mass is 15.1. The molecule has 0 aromatic carbocycles. The van der Waals surface area contributed by atoms with E-state index in [4.69, 9.17) is 0 Å². The third kappa shape index (κ3) is 9.00. The van der Waals surface area contributed by atoms with Crippen molar-refractivity contribution >= 4 is 0 Å². The standard InChI is InChI=1S/C19H39N/c1-18(2,3)12-8-7-9-13-20-14-10-17(11-15-20)16-19(4,5)6/h17H,7-16H2,1-6H3. The van der Waals surface area contributed by atoms with Crippen LogP contribution >= 0.6 is 0 Å². The minimum atomic E-state index is 0.514. The van der Waals surface area contributed by atoms with Gasteiger partial charge in [0.05, 0.1) is 0 Å². The van der Waals surface area contributed by atoms with Gasteiger partial charge in [0, 0.05) is 0 Å². The van der Waals surface area contributed by atoms with Crippen LogP contribution in [0.15, 0.2) is 0 Å². The molecule has 0 bridgehead atoms. The van der Waals surface area contributed by atoms with Gasteiger partial charge in [-0.05, 0) is 68.5 Å². The van der Waals surface area contributed by atoms with Crippen molar-refractivity contribution in [3.05, 3.63) is 0 Å². The average Bonchev–Trinajstić information content (AvgIpc) is 2.27. The van der Waals surface area contributed by atoms with E-state index in [1.54, 1.807) is 0 Å². The molecule has 0 aliphatic carbocycles. The van der Waals surface area contributed by atoms with E-state index in [1.807, 2.05) is 0 Å². The fourth-order valence-electron chi connectivity index (χ4n) is 3.45. The van der Waals surface area contributed by atoms with Crippen LogP contribution in [0.1, 0.15) is 86.5 Å². The largest absolute Gasteiger partial charge is 0.303 e. The Hall–Kier alpha value is -0.0400. The summed E-state index contributed by atoms with van der Waals surface area (Å²) >= 11 is 0. The van der Waals surface area contributed by atoms with Crippen molar-refractivity contribution in [2.24, 2.45) is 16.7 Å². The summed E-state index contributed by atoms with van der Waals surface area (Å²) in [7, 11) is 0. The van der Waals surface area contributed by atoms with Crippen LogP contribution in [0, 0.1) is 16.7 Å². The van der Waals surface area contributed by atoms with E-state index >= 15 is 0 Å². The quantitative estimate of drug-likeness (QED) is 0.561. The number of hydrogen-bond donors (Lipinski definition) is 0. The van der Waals surface area contributed by atoms with E-state index in [0.717, 1.165) is 5.92 Å². The molecule has 1 aliphatic rings. The molecule has 1 heterocycles. The van der Waals surface area contributed by atoms with Crippen LogP contribution in [-0.4, -0.2) is 24.5 Å². The van der Waals surface area contributed by atoms with Gasteiger partial charge in [0.2, 0.25) is 0 Å². The Morgan fingerprint density at radius 1 is 0.800 bits per heavy atom. The van der Waals surface area contributed by atoms with Gasteiger partial charge in [-0.1, -0.05) is 54.4 Å². The second kappa shape index (κ2) is 7.82. The minimum Gasteiger partial charge on any atom is -0.303 e. The summed E-state index contributed by atoms with van der Waals surface area (Å²) < 4.78 is 0. The highest BCUT2D eigenvalue weighted by molar-refractivity contribution is 4.76. The molecule has 20 heavy (non-hydrogen) atoms. The molecule has 1 nitrogen and oxygen atoms in total. The van der Waals surface area contributed by atoms with E-state index in [2.05, 4.69) is 46.4 Å². The van der Waals surface area contributed by atoms with Crippen molar-refractivity contribution in [2.45, 2.75) is 86.5 Å². The Labute approximate surface area is 128 Å². The molecule has 120 valence electrons. The van der Waals surface area contributed by atoms with Gasteiger partial charge >= 0.3 is 0 Å². The summed E-state index contributed by atoms with van der Waals surface area (Å²) in [5.74, 6) is 0.979. The minimum absolute atomic E-state index is 0.514. The first-order valence-corrected chi connectivity index (χ1v) is 8.88. The predicted octanol–water partition coefficient (Wildman–Crippen LogP) is 5.74. The number of piperidine rings is 1. The molecule has 0 N–H and O–H groups in total. The Morgan fingerprint density at radius 3 is 1.90 bits per heavy atom.